The highest BCUT2D eigenvalue weighted by Crippen LogP contribution is 2.33. The molecule has 1 aromatic carbocycles. The summed E-state index contributed by atoms with van der Waals surface area (Å²) in [7, 11) is 0. The fraction of sp³-hybridized carbons (Fsp3) is 0. The van der Waals surface area contributed by atoms with Gasteiger partial charge in [0.25, 0.3) is 11.2 Å². The Morgan fingerprint density at radius 1 is 1.22 bits per heavy atom. The number of nitro benzene ring substituents is 1. The van der Waals surface area contributed by atoms with Gasteiger partial charge in [-0.15, -0.1) is 22.7 Å². The fourth-order valence-corrected chi connectivity index (χ4v) is 4.56. The monoisotopic (exact) mass is 415 g/mol. The number of hydrogen-bond acceptors (Lipinski definition) is 6. The van der Waals surface area contributed by atoms with Gasteiger partial charge >= 0.3 is 0 Å². The van der Waals surface area contributed by atoms with Crippen LogP contribution in [0.2, 0.25) is 5.02 Å². The molecule has 0 spiro atoms. The number of H-pyrrole nitrogens is 1. The molecule has 3 aromatic heterocycles. The lowest BCUT2D eigenvalue weighted by Crippen LogP contribution is -2.08. The second-order valence-electron chi connectivity index (χ2n) is 5.56. The highest BCUT2D eigenvalue weighted by molar-refractivity contribution is 7.18. The molecule has 4 aromatic rings. The minimum absolute atomic E-state index is 0.0739. The number of nitrogens with zero attached hydrogens (tertiary/aromatic N) is 2. The summed E-state index contributed by atoms with van der Waals surface area (Å²) >= 11 is 8.79. The van der Waals surface area contributed by atoms with Gasteiger partial charge in [-0.1, -0.05) is 29.8 Å². The summed E-state index contributed by atoms with van der Waals surface area (Å²) in [6.07, 6.45) is 3.25. The quantitative estimate of drug-likeness (QED) is 0.354. The first-order chi connectivity index (χ1) is 13.0. The van der Waals surface area contributed by atoms with Crippen LogP contribution in [0.3, 0.4) is 0 Å². The van der Waals surface area contributed by atoms with Crippen LogP contribution in [-0.4, -0.2) is 14.9 Å². The van der Waals surface area contributed by atoms with Crippen molar-refractivity contribution in [1.82, 2.24) is 9.97 Å². The largest absolute Gasteiger partial charge is 0.306 e. The summed E-state index contributed by atoms with van der Waals surface area (Å²) in [5, 5.41) is 15.5. The zero-order valence-corrected chi connectivity index (χ0v) is 15.9. The number of aromatic nitrogens is 2. The van der Waals surface area contributed by atoms with E-state index < -0.39 is 4.92 Å². The van der Waals surface area contributed by atoms with Gasteiger partial charge in [0.05, 0.1) is 10.3 Å². The molecule has 0 saturated heterocycles. The molecule has 134 valence electrons. The van der Waals surface area contributed by atoms with Gasteiger partial charge in [0.2, 0.25) is 0 Å². The molecule has 0 aliphatic rings. The van der Waals surface area contributed by atoms with E-state index in [1.165, 1.54) is 23.5 Å². The van der Waals surface area contributed by atoms with Crippen LogP contribution in [0.15, 0.2) is 45.9 Å². The molecule has 6 nitrogen and oxygen atoms in total. The normalized spacial score (nSPS) is 11.4. The average molecular weight is 416 g/mol. The molecule has 0 radical (unpaired) electrons. The summed E-state index contributed by atoms with van der Waals surface area (Å²) in [5.74, 6) is 0.379. The Hall–Kier alpha value is -2.81. The van der Waals surface area contributed by atoms with Crippen LogP contribution >= 0.6 is 34.3 Å². The summed E-state index contributed by atoms with van der Waals surface area (Å²) in [5.41, 5.74) is 1.07. The smallest absolute Gasteiger partial charge is 0.288 e. The molecule has 0 atom stereocenters. The van der Waals surface area contributed by atoms with Gasteiger partial charge in [-0.3, -0.25) is 14.9 Å². The number of fused-ring (bicyclic) bond motifs is 1. The van der Waals surface area contributed by atoms with E-state index in [4.69, 9.17) is 11.6 Å². The first-order valence-electron chi connectivity index (χ1n) is 7.70. The Labute approximate surface area is 165 Å². The Bertz CT molecular complexity index is 1240. The SMILES string of the molecule is O=c1[nH]c(/C=C/c2ccc(Cl)c([N+](=O)[O-])c2)nc2scc(-c3cccs3)c12. The average Bonchev–Trinajstić information content (AvgIpc) is 3.30. The van der Waals surface area contributed by atoms with Crippen LogP contribution in [-0.2, 0) is 0 Å². The van der Waals surface area contributed by atoms with E-state index in [-0.39, 0.29) is 16.3 Å². The van der Waals surface area contributed by atoms with Crippen molar-refractivity contribution in [2.75, 3.05) is 0 Å². The molecule has 0 saturated carbocycles. The van der Waals surface area contributed by atoms with Crippen molar-refractivity contribution in [1.29, 1.82) is 0 Å². The molecule has 0 aliphatic heterocycles. The van der Waals surface area contributed by atoms with Crippen molar-refractivity contribution in [2.24, 2.45) is 0 Å². The zero-order valence-electron chi connectivity index (χ0n) is 13.5. The van der Waals surface area contributed by atoms with Crippen molar-refractivity contribution >= 4 is 62.3 Å². The van der Waals surface area contributed by atoms with Crippen LogP contribution in [0, 0.1) is 10.1 Å². The first kappa shape index (κ1) is 17.6. The number of rotatable bonds is 4. The molecular weight excluding hydrogens is 406 g/mol. The number of benzene rings is 1. The maximum absolute atomic E-state index is 12.6. The van der Waals surface area contributed by atoms with Gasteiger partial charge in [0.1, 0.15) is 15.7 Å². The standard InChI is InChI=1S/C18H10ClN3O3S2/c19-12-5-3-10(8-13(12)22(24)25)4-6-15-20-17(23)16-11(9-27-18(16)21-15)14-2-1-7-26-14/h1-9H,(H,20,21,23)/b6-4+. The van der Waals surface area contributed by atoms with E-state index >= 15 is 0 Å². The lowest BCUT2D eigenvalue weighted by Gasteiger charge is -1.99. The molecule has 0 amide bonds. The molecule has 4 rings (SSSR count). The van der Waals surface area contributed by atoms with Crippen LogP contribution in [0.25, 0.3) is 32.8 Å². The van der Waals surface area contributed by atoms with Crippen molar-refractivity contribution in [3.05, 3.63) is 78.0 Å². The summed E-state index contributed by atoms with van der Waals surface area (Å²) in [6, 6.07) is 8.39. The van der Waals surface area contributed by atoms with Crippen LogP contribution in [0.1, 0.15) is 11.4 Å². The van der Waals surface area contributed by atoms with Crippen LogP contribution in [0.4, 0.5) is 5.69 Å². The third-order valence-corrected chi connectivity index (χ3v) is 5.94. The van der Waals surface area contributed by atoms with Gasteiger partial charge in [-0.2, -0.15) is 0 Å². The molecule has 3 heterocycles. The number of nitrogens with one attached hydrogen (secondary N) is 1. The molecular formula is C18H10ClN3O3S2. The number of halogens is 1. The Morgan fingerprint density at radius 3 is 2.81 bits per heavy atom. The maximum Gasteiger partial charge on any atom is 0.288 e. The highest BCUT2D eigenvalue weighted by Gasteiger charge is 2.14. The third-order valence-electron chi connectivity index (χ3n) is 3.85. The zero-order chi connectivity index (χ0) is 19.0. The van der Waals surface area contributed by atoms with Gasteiger partial charge in [0, 0.05) is 21.9 Å². The van der Waals surface area contributed by atoms with E-state index in [9.17, 15) is 14.9 Å². The van der Waals surface area contributed by atoms with E-state index in [0.717, 1.165) is 10.4 Å². The number of nitro groups is 1. The van der Waals surface area contributed by atoms with Crippen LogP contribution in [0.5, 0.6) is 0 Å². The Balaban J connectivity index is 1.71. The third kappa shape index (κ3) is 3.42. The second kappa shape index (κ2) is 7.07. The topological polar surface area (TPSA) is 88.9 Å². The lowest BCUT2D eigenvalue weighted by molar-refractivity contribution is -0.384. The minimum atomic E-state index is -0.538. The number of hydrogen-bond donors (Lipinski definition) is 1. The Kier molecular flexibility index (Phi) is 4.61. The summed E-state index contributed by atoms with van der Waals surface area (Å²) in [4.78, 5) is 31.9. The molecule has 0 bridgehead atoms. The van der Waals surface area contributed by atoms with Crippen molar-refractivity contribution in [2.45, 2.75) is 0 Å². The summed E-state index contributed by atoms with van der Waals surface area (Å²) < 4.78 is 0. The second-order valence-corrected chi connectivity index (χ2v) is 7.77. The molecule has 0 aliphatic carbocycles. The van der Waals surface area contributed by atoms with E-state index in [1.54, 1.807) is 29.6 Å². The van der Waals surface area contributed by atoms with Crippen molar-refractivity contribution in [3.63, 3.8) is 0 Å². The van der Waals surface area contributed by atoms with Crippen LogP contribution < -0.4 is 5.56 Å². The highest BCUT2D eigenvalue weighted by atomic mass is 35.5. The minimum Gasteiger partial charge on any atom is -0.306 e. The van der Waals surface area contributed by atoms with E-state index in [2.05, 4.69) is 9.97 Å². The van der Waals surface area contributed by atoms with E-state index in [1.807, 2.05) is 22.9 Å². The fourth-order valence-electron chi connectivity index (χ4n) is 2.61. The molecule has 0 fully saturated rings. The van der Waals surface area contributed by atoms with Crippen molar-refractivity contribution < 1.29 is 4.92 Å². The van der Waals surface area contributed by atoms with Gasteiger partial charge < -0.3 is 4.98 Å². The molecule has 27 heavy (non-hydrogen) atoms. The molecule has 0 unspecified atom stereocenters. The van der Waals surface area contributed by atoms with Crippen molar-refractivity contribution in [3.8, 4) is 10.4 Å². The first-order valence-corrected chi connectivity index (χ1v) is 9.84. The van der Waals surface area contributed by atoms with Gasteiger partial charge in [-0.05, 0) is 29.2 Å². The predicted molar refractivity (Wildman–Crippen MR) is 111 cm³/mol. The van der Waals surface area contributed by atoms with E-state index in [0.29, 0.717) is 21.6 Å². The van der Waals surface area contributed by atoms with Gasteiger partial charge in [0.15, 0.2) is 0 Å². The Morgan fingerprint density at radius 2 is 2.07 bits per heavy atom. The van der Waals surface area contributed by atoms with Gasteiger partial charge in [-0.25, -0.2) is 4.98 Å². The maximum atomic E-state index is 12.6. The number of aromatic amines is 1. The molecule has 1 N–H and O–H groups in total. The lowest BCUT2D eigenvalue weighted by atomic mass is 10.2. The molecule has 9 heteroatoms. The number of thiophene rings is 2. The summed E-state index contributed by atoms with van der Waals surface area (Å²) in [6.45, 7) is 0. The predicted octanol–water partition coefficient (Wildman–Crippen LogP) is 5.45.